The lowest BCUT2D eigenvalue weighted by molar-refractivity contribution is -0.135. The van der Waals surface area contributed by atoms with Crippen LogP contribution < -0.4 is 10.5 Å². The van der Waals surface area contributed by atoms with Crippen molar-refractivity contribution in [1.29, 1.82) is 0 Å². The Balaban J connectivity index is 1.62. The summed E-state index contributed by atoms with van der Waals surface area (Å²) in [6.07, 6.45) is 3.68. The Morgan fingerprint density at radius 1 is 1.14 bits per heavy atom. The van der Waals surface area contributed by atoms with Gasteiger partial charge in [0.25, 0.3) is 0 Å². The first-order valence-corrected chi connectivity index (χ1v) is 7.49. The van der Waals surface area contributed by atoms with Gasteiger partial charge < -0.3 is 15.6 Å². The Morgan fingerprint density at radius 3 is 2.64 bits per heavy atom. The Morgan fingerprint density at radius 2 is 1.86 bits per heavy atom. The molecule has 1 aliphatic rings. The van der Waals surface area contributed by atoms with Crippen LogP contribution >= 0.6 is 0 Å². The van der Waals surface area contributed by atoms with Gasteiger partial charge >= 0.3 is 5.97 Å². The first-order chi connectivity index (χ1) is 10.6. The maximum atomic E-state index is 12.1. The minimum Gasteiger partial charge on any atom is -0.508 e. The molecule has 4 heteroatoms. The number of carbonyl (C=O) groups excluding carboxylic acids is 1. The van der Waals surface area contributed by atoms with E-state index in [1.165, 1.54) is 11.1 Å². The van der Waals surface area contributed by atoms with Crippen LogP contribution in [-0.4, -0.2) is 17.1 Å². The number of esters is 1. The quantitative estimate of drug-likeness (QED) is 0.671. The van der Waals surface area contributed by atoms with Crippen LogP contribution in [0.4, 0.5) is 0 Å². The fourth-order valence-electron chi connectivity index (χ4n) is 2.77. The van der Waals surface area contributed by atoms with Gasteiger partial charge in [-0.1, -0.05) is 18.2 Å². The summed E-state index contributed by atoms with van der Waals surface area (Å²) in [4.78, 5) is 12.1. The van der Waals surface area contributed by atoms with Crippen molar-refractivity contribution in [1.82, 2.24) is 0 Å². The fraction of sp³-hybridized carbons (Fsp3) is 0.278. The highest BCUT2D eigenvalue weighted by molar-refractivity contribution is 5.78. The van der Waals surface area contributed by atoms with E-state index in [1.54, 1.807) is 24.3 Å². The molecule has 3 N–H and O–H groups in total. The van der Waals surface area contributed by atoms with Gasteiger partial charge in [-0.05, 0) is 66.6 Å². The van der Waals surface area contributed by atoms with Gasteiger partial charge in [-0.3, -0.25) is 0 Å². The lowest BCUT2D eigenvalue weighted by atomic mass is 10.1. The molecule has 0 amide bonds. The smallest absolute Gasteiger partial charge is 0.328 e. The van der Waals surface area contributed by atoms with Crippen LogP contribution in [-0.2, 0) is 24.1 Å². The van der Waals surface area contributed by atoms with Crippen molar-refractivity contribution in [3.63, 3.8) is 0 Å². The first kappa shape index (κ1) is 14.6. The Kier molecular flexibility index (Phi) is 4.11. The van der Waals surface area contributed by atoms with Crippen LogP contribution in [0, 0.1) is 0 Å². The van der Waals surface area contributed by atoms with E-state index in [-0.39, 0.29) is 5.75 Å². The zero-order valence-corrected chi connectivity index (χ0v) is 12.3. The number of phenols is 1. The number of hydrogen-bond acceptors (Lipinski definition) is 4. The molecular weight excluding hydrogens is 278 g/mol. The molecule has 0 bridgehead atoms. The summed E-state index contributed by atoms with van der Waals surface area (Å²) in [5.41, 5.74) is 9.40. The third-order valence-corrected chi connectivity index (χ3v) is 3.98. The molecule has 0 aromatic heterocycles. The maximum absolute atomic E-state index is 12.1. The summed E-state index contributed by atoms with van der Waals surface area (Å²) in [6.45, 7) is 0. The lowest BCUT2D eigenvalue weighted by Gasteiger charge is -2.12. The standard InChI is InChI=1S/C18H19NO3/c19-17(10-12-4-7-15(20)8-5-12)18(21)22-16-9-6-13-2-1-3-14(13)11-16/h4-9,11,17,20H,1-3,10,19H2/t17-/m0/s1. The molecule has 0 aliphatic heterocycles. The molecule has 0 saturated heterocycles. The summed E-state index contributed by atoms with van der Waals surface area (Å²) in [7, 11) is 0. The van der Waals surface area contributed by atoms with Crippen molar-refractivity contribution < 1.29 is 14.6 Å². The second-order valence-electron chi connectivity index (χ2n) is 5.68. The number of fused-ring (bicyclic) bond motifs is 1. The highest BCUT2D eigenvalue weighted by atomic mass is 16.5. The van der Waals surface area contributed by atoms with Crippen molar-refractivity contribution in [2.75, 3.05) is 0 Å². The Labute approximate surface area is 129 Å². The molecule has 114 valence electrons. The largest absolute Gasteiger partial charge is 0.508 e. The summed E-state index contributed by atoms with van der Waals surface area (Å²) in [5.74, 6) is 0.316. The van der Waals surface area contributed by atoms with Crippen LogP contribution in [0.5, 0.6) is 11.5 Å². The number of rotatable bonds is 4. The second kappa shape index (κ2) is 6.20. The summed E-state index contributed by atoms with van der Waals surface area (Å²) in [5, 5.41) is 9.25. The predicted molar refractivity (Wildman–Crippen MR) is 83.9 cm³/mol. The van der Waals surface area contributed by atoms with Crippen LogP contribution in [0.1, 0.15) is 23.1 Å². The molecule has 2 aromatic carbocycles. The van der Waals surface area contributed by atoms with Crippen LogP contribution in [0.2, 0.25) is 0 Å². The van der Waals surface area contributed by atoms with E-state index in [1.807, 2.05) is 18.2 Å². The van der Waals surface area contributed by atoms with Crippen molar-refractivity contribution in [3.8, 4) is 11.5 Å². The molecule has 0 saturated carbocycles. The third-order valence-electron chi connectivity index (χ3n) is 3.98. The minimum atomic E-state index is -0.724. The minimum absolute atomic E-state index is 0.193. The Hall–Kier alpha value is -2.33. The molecule has 0 spiro atoms. The molecule has 0 unspecified atom stereocenters. The molecule has 2 aromatic rings. The monoisotopic (exact) mass is 297 g/mol. The summed E-state index contributed by atoms with van der Waals surface area (Å²) < 4.78 is 5.38. The van der Waals surface area contributed by atoms with Gasteiger partial charge in [0.15, 0.2) is 0 Å². The van der Waals surface area contributed by atoms with Crippen LogP contribution in [0.15, 0.2) is 42.5 Å². The Bertz CT molecular complexity index is 679. The van der Waals surface area contributed by atoms with Crippen molar-refractivity contribution >= 4 is 5.97 Å². The van der Waals surface area contributed by atoms with Gasteiger partial charge in [-0.25, -0.2) is 4.79 Å². The summed E-state index contributed by atoms with van der Waals surface area (Å²) in [6, 6.07) is 11.7. The van der Waals surface area contributed by atoms with Gasteiger partial charge in [0.2, 0.25) is 0 Å². The lowest BCUT2D eigenvalue weighted by Crippen LogP contribution is -2.36. The molecule has 0 radical (unpaired) electrons. The predicted octanol–water partition coefficient (Wildman–Crippen LogP) is 2.36. The van der Waals surface area contributed by atoms with E-state index in [0.717, 1.165) is 24.8 Å². The molecule has 1 atom stereocenters. The van der Waals surface area contributed by atoms with Crippen molar-refractivity contribution in [3.05, 3.63) is 59.2 Å². The SMILES string of the molecule is N[C@@H](Cc1ccc(O)cc1)C(=O)Oc1ccc2c(c1)CCC2. The molecular formula is C18H19NO3. The molecule has 0 fully saturated rings. The van der Waals surface area contributed by atoms with Gasteiger partial charge in [0.05, 0.1) is 0 Å². The van der Waals surface area contributed by atoms with E-state index in [2.05, 4.69) is 0 Å². The molecule has 4 nitrogen and oxygen atoms in total. The second-order valence-corrected chi connectivity index (χ2v) is 5.68. The number of hydrogen-bond donors (Lipinski definition) is 2. The molecule has 22 heavy (non-hydrogen) atoms. The topological polar surface area (TPSA) is 72.5 Å². The molecule has 1 aliphatic carbocycles. The van der Waals surface area contributed by atoms with E-state index < -0.39 is 12.0 Å². The highest BCUT2D eigenvalue weighted by Gasteiger charge is 2.18. The number of aryl methyl sites for hydroxylation is 2. The van der Waals surface area contributed by atoms with E-state index in [0.29, 0.717) is 12.2 Å². The van der Waals surface area contributed by atoms with Crippen LogP contribution in [0.25, 0.3) is 0 Å². The van der Waals surface area contributed by atoms with E-state index >= 15 is 0 Å². The van der Waals surface area contributed by atoms with Crippen molar-refractivity contribution in [2.45, 2.75) is 31.7 Å². The number of carbonyl (C=O) groups is 1. The average molecular weight is 297 g/mol. The van der Waals surface area contributed by atoms with Gasteiger partial charge in [-0.2, -0.15) is 0 Å². The maximum Gasteiger partial charge on any atom is 0.328 e. The zero-order valence-electron chi connectivity index (χ0n) is 12.3. The van der Waals surface area contributed by atoms with E-state index in [9.17, 15) is 9.90 Å². The van der Waals surface area contributed by atoms with Gasteiger partial charge in [-0.15, -0.1) is 0 Å². The molecule has 3 rings (SSSR count). The molecule has 0 heterocycles. The first-order valence-electron chi connectivity index (χ1n) is 7.49. The van der Waals surface area contributed by atoms with Gasteiger partial charge in [0.1, 0.15) is 17.5 Å². The number of ether oxygens (including phenoxy) is 1. The van der Waals surface area contributed by atoms with E-state index in [4.69, 9.17) is 10.5 Å². The zero-order chi connectivity index (χ0) is 15.5. The van der Waals surface area contributed by atoms with Gasteiger partial charge in [0, 0.05) is 0 Å². The summed E-state index contributed by atoms with van der Waals surface area (Å²) >= 11 is 0. The number of aromatic hydroxyl groups is 1. The normalized spacial score (nSPS) is 14.4. The van der Waals surface area contributed by atoms with Crippen molar-refractivity contribution in [2.24, 2.45) is 5.73 Å². The van der Waals surface area contributed by atoms with Crippen LogP contribution in [0.3, 0.4) is 0 Å². The third kappa shape index (κ3) is 3.28. The highest BCUT2D eigenvalue weighted by Crippen LogP contribution is 2.26. The number of phenolic OH excluding ortho intramolecular Hbond substituents is 1. The fourth-order valence-corrected chi connectivity index (χ4v) is 2.77. The average Bonchev–Trinajstić information content (AvgIpc) is 2.97. The number of nitrogens with two attached hydrogens (primary N) is 1. The number of benzene rings is 2.